The van der Waals surface area contributed by atoms with Crippen LogP contribution < -0.4 is 0 Å². The molecular weight excluding hydrogens is 420 g/mol. The smallest absolute Gasteiger partial charge is 0.426 e. The van der Waals surface area contributed by atoms with Gasteiger partial charge in [0.05, 0.1) is 0 Å². The van der Waals surface area contributed by atoms with Gasteiger partial charge in [0.15, 0.2) is 0 Å². The highest BCUT2D eigenvalue weighted by Crippen LogP contribution is 2.40. The summed E-state index contributed by atoms with van der Waals surface area (Å²) < 4.78 is 12.0. The van der Waals surface area contributed by atoms with Gasteiger partial charge in [-0.3, -0.25) is 0 Å². The molecule has 4 rings (SSSR count). The second-order valence-electron chi connectivity index (χ2n) is 10.2. The summed E-state index contributed by atoms with van der Waals surface area (Å²) in [5.74, 6) is 1.15. The molecule has 2 unspecified atom stereocenters. The average molecular weight is 463 g/mol. The minimum atomic E-state index is -0.546. The maximum Gasteiger partial charge on any atom is 0.509 e. The summed E-state index contributed by atoms with van der Waals surface area (Å²) in [6.07, 6.45) is 13.2. The molecule has 2 aliphatic carbocycles. The first-order valence-corrected chi connectivity index (χ1v) is 13.8. The summed E-state index contributed by atoms with van der Waals surface area (Å²) >= 11 is 0. The topological polar surface area (TPSA) is 35.5 Å². The lowest BCUT2D eigenvalue weighted by molar-refractivity contribution is -0.00580. The second-order valence-corrected chi connectivity index (χ2v) is 10.2. The van der Waals surface area contributed by atoms with Crippen LogP contribution in [0.25, 0.3) is 0 Å². The Morgan fingerprint density at radius 1 is 0.676 bits per heavy atom. The zero-order valence-corrected chi connectivity index (χ0v) is 21.1. The Labute approximate surface area is 206 Å². The standard InChI is InChI=1S/C31H42O3/c1-3-29(27-21-13-11-19-25(27)23-15-7-5-8-16-23)33-31(32)34-30(4-2)28-22-14-12-20-26(28)24-17-9-6-10-18-24/h11-14,19-24,29-30H,3-10,15-18H2,1-2H3. The molecule has 2 aliphatic rings. The first-order chi connectivity index (χ1) is 16.7. The van der Waals surface area contributed by atoms with E-state index in [-0.39, 0.29) is 12.2 Å². The molecule has 0 aromatic heterocycles. The maximum absolute atomic E-state index is 13.1. The summed E-state index contributed by atoms with van der Waals surface area (Å²) in [5.41, 5.74) is 5.03. The van der Waals surface area contributed by atoms with E-state index in [0.29, 0.717) is 11.8 Å². The molecule has 2 saturated carbocycles. The van der Waals surface area contributed by atoms with Crippen molar-refractivity contribution in [3.63, 3.8) is 0 Å². The van der Waals surface area contributed by atoms with Crippen molar-refractivity contribution in [2.24, 2.45) is 0 Å². The zero-order chi connectivity index (χ0) is 23.8. The molecule has 2 aromatic rings. The van der Waals surface area contributed by atoms with Gasteiger partial charge < -0.3 is 9.47 Å². The Bertz CT molecular complexity index is 835. The minimum Gasteiger partial charge on any atom is -0.426 e. The molecule has 184 valence electrons. The lowest BCUT2D eigenvalue weighted by Gasteiger charge is -2.29. The first-order valence-electron chi connectivity index (χ1n) is 13.8. The maximum atomic E-state index is 13.1. The molecule has 0 radical (unpaired) electrons. The van der Waals surface area contributed by atoms with Gasteiger partial charge in [0.1, 0.15) is 12.2 Å². The summed E-state index contributed by atoms with van der Waals surface area (Å²) in [7, 11) is 0. The van der Waals surface area contributed by atoms with Crippen LogP contribution in [0, 0.1) is 0 Å². The lowest BCUT2D eigenvalue weighted by atomic mass is 9.81. The molecule has 2 fully saturated rings. The van der Waals surface area contributed by atoms with Crippen molar-refractivity contribution in [3.05, 3.63) is 70.8 Å². The monoisotopic (exact) mass is 462 g/mol. The molecule has 0 saturated heterocycles. The van der Waals surface area contributed by atoms with E-state index >= 15 is 0 Å². The van der Waals surface area contributed by atoms with E-state index in [2.05, 4.69) is 62.4 Å². The van der Waals surface area contributed by atoms with Crippen LogP contribution in [0.3, 0.4) is 0 Å². The molecule has 0 spiro atoms. The SMILES string of the molecule is CCC(OC(=O)OC(CC)c1ccccc1C1CCCCC1)c1ccccc1C1CCCCC1. The minimum absolute atomic E-state index is 0.267. The Kier molecular flexibility index (Phi) is 9.07. The fourth-order valence-electron chi connectivity index (χ4n) is 6.17. The quantitative estimate of drug-likeness (QED) is 0.366. The van der Waals surface area contributed by atoms with Crippen LogP contribution in [0.1, 0.15) is 137 Å². The predicted molar refractivity (Wildman–Crippen MR) is 138 cm³/mol. The summed E-state index contributed by atoms with van der Waals surface area (Å²) in [5, 5.41) is 0. The van der Waals surface area contributed by atoms with Gasteiger partial charge in [0.2, 0.25) is 0 Å². The van der Waals surface area contributed by atoms with Gasteiger partial charge in [-0.05, 0) is 72.6 Å². The lowest BCUT2D eigenvalue weighted by Crippen LogP contribution is -2.19. The fraction of sp³-hybridized carbons (Fsp3) is 0.581. The van der Waals surface area contributed by atoms with Crippen LogP contribution in [0.5, 0.6) is 0 Å². The van der Waals surface area contributed by atoms with Gasteiger partial charge in [0.25, 0.3) is 0 Å². The van der Waals surface area contributed by atoms with Crippen molar-refractivity contribution in [3.8, 4) is 0 Å². The summed E-state index contributed by atoms with van der Waals surface area (Å²) in [6, 6.07) is 17.1. The van der Waals surface area contributed by atoms with E-state index in [9.17, 15) is 4.79 Å². The van der Waals surface area contributed by atoms with Crippen LogP contribution >= 0.6 is 0 Å². The van der Waals surface area contributed by atoms with Crippen molar-refractivity contribution in [2.75, 3.05) is 0 Å². The van der Waals surface area contributed by atoms with Gasteiger partial charge in [0, 0.05) is 0 Å². The number of ether oxygens (including phenoxy) is 2. The molecule has 3 heteroatoms. The highest BCUT2D eigenvalue weighted by atomic mass is 16.7. The van der Waals surface area contributed by atoms with Crippen molar-refractivity contribution in [1.29, 1.82) is 0 Å². The normalized spacial score (nSPS) is 19.4. The van der Waals surface area contributed by atoms with Crippen LogP contribution in [0.4, 0.5) is 4.79 Å². The van der Waals surface area contributed by atoms with E-state index in [1.807, 2.05) is 0 Å². The molecule has 0 bridgehead atoms. The van der Waals surface area contributed by atoms with Gasteiger partial charge >= 0.3 is 6.16 Å². The highest BCUT2D eigenvalue weighted by molar-refractivity contribution is 5.61. The Balaban J connectivity index is 1.47. The van der Waals surface area contributed by atoms with E-state index < -0.39 is 6.16 Å². The van der Waals surface area contributed by atoms with Gasteiger partial charge in [-0.25, -0.2) is 4.79 Å². The third kappa shape index (κ3) is 6.03. The van der Waals surface area contributed by atoms with Crippen molar-refractivity contribution >= 4 is 6.16 Å². The number of carbonyl (C=O) groups excluding carboxylic acids is 1. The van der Waals surface area contributed by atoms with Crippen LogP contribution in [-0.2, 0) is 9.47 Å². The van der Waals surface area contributed by atoms with Crippen LogP contribution in [0.2, 0.25) is 0 Å². The summed E-state index contributed by atoms with van der Waals surface area (Å²) in [6.45, 7) is 4.18. The molecule has 2 aromatic carbocycles. The van der Waals surface area contributed by atoms with E-state index in [1.165, 1.54) is 75.3 Å². The van der Waals surface area contributed by atoms with E-state index in [0.717, 1.165) is 24.0 Å². The van der Waals surface area contributed by atoms with Crippen molar-refractivity contribution < 1.29 is 14.3 Å². The fourth-order valence-corrected chi connectivity index (χ4v) is 6.17. The Hall–Kier alpha value is -2.29. The average Bonchev–Trinajstić information content (AvgIpc) is 2.91. The third-order valence-electron chi connectivity index (χ3n) is 7.99. The number of benzene rings is 2. The molecule has 3 nitrogen and oxygen atoms in total. The van der Waals surface area contributed by atoms with Gasteiger partial charge in [-0.2, -0.15) is 0 Å². The molecule has 34 heavy (non-hydrogen) atoms. The van der Waals surface area contributed by atoms with Gasteiger partial charge in [-0.1, -0.05) is 101 Å². The summed E-state index contributed by atoms with van der Waals surface area (Å²) in [4.78, 5) is 13.1. The molecule has 0 N–H and O–H groups in total. The third-order valence-corrected chi connectivity index (χ3v) is 7.99. The first kappa shape index (κ1) is 24.8. The molecule has 0 amide bonds. The Morgan fingerprint density at radius 2 is 1.06 bits per heavy atom. The molecule has 0 aliphatic heterocycles. The highest BCUT2D eigenvalue weighted by Gasteiger charge is 2.27. The molecule has 0 heterocycles. The van der Waals surface area contributed by atoms with Crippen LogP contribution in [-0.4, -0.2) is 6.16 Å². The number of hydrogen-bond donors (Lipinski definition) is 0. The molecular formula is C31H42O3. The molecule has 2 atom stereocenters. The Morgan fingerprint density at radius 3 is 1.44 bits per heavy atom. The zero-order valence-electron chi connectivity index (χ0n) is 21.1. The van der Waals surface area contributed by atoms with Crippen LogP contribution in [0.15, 0.2) is 48.5 Å². The van der Waals surface area contributed by atoms with Crippen molar-refractivity contribution in [1.82, 2.24) is 0 Å². The van der Waals surface area contributed by atoms with E-state index in [1.54, 1.807) is 0 Å². The van der Waals surface area contributed by atoms with Gasteiger partial charge in [-0.15, -0.1) is 0 Å². The number of rotatable bonds is 8. The van der Waals surface area contributed by atoms with E-state index in [4.69, 9.17) is 9.47 Å². The predicted octanol–water partition coefficient (Wildman–Crippen LogP) is 9.54. The second kappa shape index (κ2) is 12.4. The number of carbonyl (C=O) groups is 1. The largest absolute Gasteiger partial charge is 0.509 e. The number of hydrogen-bond acceptors (Lipinski definition) is 3. The van der Waals surface area contributed by atoms with Crippen molar-refractivity contribution in [2.45, 2.75) is 115 Å².